The molecule has 0 bridgehead atoms. The Bertz CT molecular complexity index is 1560. The second-order valence-electron chi connectivity index (χ2n) is 11.8. The van der Waals surface area contributed by atoms with Crippen LogP contribution in [0.4, 0.5) is 16.2 Å². The third-order valence-corrected chi connectivity index (χ3v) is 8.43. The van der Waals surface area contributed by atoms with Crippen molar-refractivity contribution in [2.24, 2.45) is 0 Å². The van der Waals surface area contributed by atoms with Crippen molar-refractivity contribution in [2.75, 3.05) is 23.3 Å². The first-order valence-electron chi connectivity index (χ1n) is 15.2. The quantitative estimate of drug-likeness (QED) is 0.209. The molecular formula is C36H41ClN4O2. The average Bonchev–Trinajstić information content (AvgIpc) is 3.49. The van der Waals surface area contributed by atoms with Crippen molar-refractivity contribution in [2.45, 2.75) is 65.3 Å². The van der Waals surface area contributed by atoms with Crippen LogP contribution < -0.4 is 10.2 Å². The van der Waals surface area contributed by atoms with Gasteiger partial charge < -0.3 is 14.8 Å². The Labute approximate surface area is 260 Å². The number of para-hydroxylation sites is 3. The number of halogens is 1. The summed E-state index contributed by atoms with van der Waals surface area (Å²) in [5.41, 5.74) is 6.70. The molecule has 4 aromatic rings. The molecule has 0 radical (unpaired) electrons. The predicted octanol–water partition coefficient (Wildman–Crippen LogP) is 9.15. The van der Waals surface area contributed by atoms with E-state index in [1.54, 1.807) is 4.90 Å². The predicted molar refractivity (Wildman–Crippen MR) is 177 cm³/mol. The first kappa shape index (κ1) is 30.4. The highest BCUT2D eigenvalue weighted by Crippen LogP contribution is 2.42. The number of anilines is 2. The van der Waals surface area contributed by atoms with Crippen LogP contribution in [0.1, 0.15) is 87.7 Å². The molecule has 1 aliphatic rings. The normalized spacial score (nSPS) is 14.0. The zero-order valence-corrected chi connectivity index (χ0v) is 26.4. The number of hydrogen-bond donors (Lipinski definition) is 1. The topological polar surface area (TPSA) is 57.6 Å². The minimum Gasteiger partial charge on any atom is -0.316 e. The van der Waals surface area contributed by atoms with E-state index >= 15 is 0 Å². The van der Waals surface area contributed by atoms with E-state index in [1.165, 1.54) is 0 Å². The molecule has 7 heteroatoms. The molecule has 3 amide bonds. The van der Waals surface area contributed by atoms with Crippen LogP contribution >= 0.6 is 11.6 Å². The van der Waals surface area contributed by atoms with Gasteiger partial charge in [0, 0.05) is 23.5 Å². The number of carbonyl (C=O) groups excluding carboxylic acids is 2. The number of aromatic nitrogens is 1. The van der Waals surface area contributed by atoms with E-state index in [2.05, 4.69) is 62.7 Å². The molecule has 6 nitrogen and oxygen atoms in total. The number of nitrogens with zero attached hydrogens (tertiary/aromatic N) is 3. The Hall–Kier alpha value is -4.03. The molecule has 1 unspecified atom stereocenters. The molecule has 0 saturated carbocycles. The molecule has 0 fully saturated rings. The number of benzene rings is 3. The molecule has 3 aromatic carbocycles. The van der Waals surface area contributed by atoms with Crippen molar-refractivity contribution in [3.8, 4) is 5.69 Å². The van der Waals surface area contributed by atoms with Gasteiger partial charge in [-0.2, -0.15) is 0 Å². The Morgan fingerprint density at radius 1 is 0.860 bits per heavy atom. The van der Waals surface area contributed by atoms with Crippen molar-refractivity contribution in [1.29, 1.82) is 0 Å². The number of urea groups is 1. The van der Waals surface area contributed by atoms with Gasteiger partial charge in [0.1, 0.15) is 12.6 Å². The molecule has 43 heavy (non-hydrogen) atoms. The third-order valence-electron chi connectivity index (χ3n) is 8.17. The first-order chi connectivity index (χ1) is 20.7. The van der Waals surface area contributed by atoms with Gasteiger partial charge in [-0.3, -0.25) is 9.69 Å². The van der Waals surface area contributed by atoms with Gasteiger partial charge in [-0.1, -0.05) is 95.1 Å². The summed E-state index contributed by atoms with van der Waals surface area (Å²) in [6.45, 7) is 11.1. The van der Waals surface area contributed by atoms with Crippen molar-refractivity contribution < 1.29 is 9.59 Å². The number of nitrogens with one attached hydrogen (secondary N) is 1. The monoisotopic (exact) mass is 596 g/mol. The van der Waals surface area contributed by atoms with Crippen LogP contribution in [0, 0.1) is 0 Å². The van der Waals surface area contributed by atoms with E-state index in [0.717, 1.165) is 52.3 Å². The number of amides is 3. The Morgan fingerprint density at radius 3 is 2.14 bits per heavy atom. The number of fused-ring (bicyclic) bond motifs is 3. The van der Waals surface area contributed by atoms with Crippen LogP contribution in [0.15, 0.2) is 85.1 Å². The molecule has 0 saturated heterocycles. The van der Waals surface area contributed by atoms with E-state index in [9.17, 15) is 9.59 Å². The molecule has 1 aromatic heterocycles. The van der Waals surface area contributed by atoms with Gasteiger partial charge in [0.25, 0.3) is 0 Å². The van der Waals surface area contributed by atoms with Crippen LogP contribution in [0.3, 0.4) is 0 Å². The molecular weight excluding hydrogens is 556 g/mol. The lowest BCUT2D eigenvalue weighted by molar-refractivity contribution is -0.119. The number of carbonyl (C=O) groups is 2. The summed E-state index contributed by atoms with van der Waals surface area (Å²) >= 11 is 6.25. The lowest BCUT2D eigenvalue weighted by Gasteiger charge is -2.39. The smallest absolute Gasteiger partial charge is 0.316 e. The minimum absolute atomic E-state index is 0.0498. The van der Waals surface area contributed by atoms with Gasteiger partial charge in [0.05, 0.1) is 17.1 Å². The second kappa shape index (κ2) is 13.1. The maximum Gasteiger partial charge on any atom is 0.322 e. The molecule has 224 valence electrons. The van der Waals surface area contributed by atoms with Gasteiger partial charge in [0.15, 0.2) is 0 Å². The fourth-order valence-corrected chi connectivity index (χ4v) is 6.07. The maximum absolute atomic E-state index is 14.5. The molecule has 1 atom stereocenters. The van der Waals surface area contributed by atoms with Gasteiger partial charge in [0.2, 0.25) is 5.91 Å². The second-order valence-corrected chi connectivity index (χ2v) is 12.3. The minimum atomic E-state index is -0.375. The largest absolute Gasteiger partial charge is 0.322 e. The Morgan fingerprint density at radius 2 is 1.51 bits per heavy atom. The van der Waals surface area contributed by atoms with E-state index in [0.29, 0.717) is 11.6 Å². The average molecular weight is 597 g/mol. The molecule has 0 aliphatic carbocycles. The van der Waals surface area contributed by atoms with Crippen molar-refractivity contribution in [1.82, 2.24) is 9.47 Å². The van der Waals surface area contributed by atoms with E-state index in [-0.39, 0.29) is 36.4 Å². The number of rotatable bonds is 9. The highest BCUT2D eigenvalue weighted by atomic mass is 35.5. The van der Waals surface area contributed by atoms with E-state index in [1.807, 2.05) is 71.8 Å². The Balaban J connectivity index is 1.52. The fraction of sp³-hybridized carbons (Fsp3) is 0.333. The van der Waals surface area contributed by atoms with Crippen LogP contribution in [0.2, 0.25) is 5.02 Å². The van der Waals surface area contributed by atoms with Crippen LogP contribution in [0.5, 0.6) is 0 Å². The van der Waals surface area contributed by atoms with Crippen LogP contribution in [-0.2, 0) is 4.79 Å². The number of hydrogen-bond acceptors (Lipinski definition) is 2. The molecule has 2 heterocycles. The van der Waals surface area contributed by atoms with Gasteiger partial charge >= 0.3 is 6.03 Å². The maximum atomic E-state index is 14.5. The Kier molecular flexibility index (Phi) is 9.26. The third kappa shape index (κ3) is 6.21. The highest BCUT2D eigenvalue weighted by Gasteiger charge is 2.37. The first-order valence-corrected chi connectivity index (χ1v) is 15.6. The molecule has 5 rings (SSSR count). The van der Waals surface area contributed by atoms with Gasteiger partial charge in [-0.25, -0.2) is 4.79 Å². The summed E-state index contributed by atoms with van der Waals surface area (Å²) in [6, 6.07) is 25.2. The summed E-state index contributed by atoms with van der Waals surface area (Å²) in [5.74, 6) is 0.328. The molecule has 0 spiro atoms. The van der Waals surface area contributed by atoms with Crippen molar-refractivity contribution in [3.63, 3.8) is 0 Å². The summed E-state index contributed by atoms with van der Waals surface area (Å²) in [7, 11) is 0. The fourth-order valence-electron chi connectivity index (χ4n) is 5.94. The molecule has 1 aliphatic heterocycles. The van der Waals surface area contributed by atoms with Crippen LogP contribution in [0.25, 0.3) is 5.69 Å². The lowest BCUT2D eigenvalue weighted by atomic mass is 9.93. The number of unbranched alkanes of at least 4 members (excludes halogenated alkanes) is 1. The lowest BCUT2D eigenvalue weighted by Crippen LogP contribution is -2.48. The zero-order chi connectivity index (χ0) is 30.7. The van der Waals surface area contributed by atoms with E-state index in [4.69, 9.17) is 11.6 Å². The zero-order valence-electron chi connectivity index (χ0n) is 25.7. The van der Waals surface area contributed by atoms with Gasteiger partial charge in [-0.05, 0) is 71.3 Å². The van der Waals surface area contributed by atoms with E-state index < -0.39 is 0 Å². The SMILES string of the molecule is CCCCN(CC(=O)N1c2ccccc2-n2cccc2C1c1ccc(Cl)cc1)C(=O)Nc1c(C(C)C)cccc1C(C)C. The van der Waals surface area contributed by atoms with Crippen LogP contribution in [-0.4, -0.2) is 34.5 Å². The standard InChI is InChI=1S/C36H41ClN4O2/c1-6-7-21-39(36(43)38-34-28(24(2)3)12-10-13-29(34)25(4)5)23-33(42)41-31-15-9-8-14-30(31)40-22-11-16-32(40)35(41)26-17-19-27(37)20-18-26/h8-20,22,24-25,35H,6-7,21,23H2,1-5H3,(H,38,43). The summed E-state index contributed by atoms with van der Waals surface area (Å²) in [6.07, 6.45) is 3.73. The van der Waals surface area contributed by atoms with Crippen molar-refractivity contribution >= 4 is 34.9 Å². The molecule has 1 N–H and O–H groups in total. The summed E-state index contributed by atoms with van der Waals surface area (Å²) in [5, 5.41) is 3.87. The van der Waals surface area contributed by atoms with Crippen molar-refractivity contribution in [3.05, 3.63) is 112 Å². The highest BCUT2D eigenvalue weighted by molar-refractivity contribution is 6.30. The van der Waals surface area contributed by atoms with Gasteiger partial charge in [-0.15, -0.1) is 0 Å². The summed E-state index contributed by atoms with van der Waals surface area (Å²) < 4.78 is 2.14. The summed E-state index contributed by atoms with van der Waals surface area (Å²) in [4.78, 5) is 32.0.